The maximum Gasteiger partial charge on any atom is 0.191 e. The van der Waals surface area contributed by atoms with Gasteiger partial charge in [0.2, 0.25) is 0 Å². The Morgan fingerprint density at radius 2 is 1.84 bits per heavy atom. The van der Waals surface area contributed by atoms with E-state index in [0.29, 0.717) is 0 Å². The van der Waals surface area contributed by atoms with Crippen molar-refractivity contribution in [3.8, 4) is 0 Å². The Bertz CT molecular complexity index is 929. The molecule has 0 aliphatic carbocycles. The molecule has 0 amide bonds. The van der Waals surface area contributed by atoms with Gasteiger partial charge in [-0.05, 0) is 50.3 Å². The number of thioether (sulfide) groups is 1. The highest BCUT2D eigenvalue weighted by atomic mass is 32.2. The molecule has 4 rings (SSSR count). The van der Waals surface area contributed by atoms with Gasteiger partial charge in [0.25, 0.3) is 0 Å². The van der Waals surface area contributed by atoms with Gasteiger partial charge >= 0.3 is 0 Å². The SMILES string of the molecule is CC(C)CCc1nc(CSc2nnc(CN3CCCCC3)n2Cc2ccccc2)cs1. The van der Waals surface area contributed by atoms with Crippen LogP contribution in [0.3, 0.4) is 0 Å². The molecule has 3 heterocycles. The van der Waals surface area contributed by atoms with E-state index in [1.165, 1.54) is 49.3 Å². The smallest absolute Gasteiger partial charge is 0.191 e. The number of likely N-dealkylation sites (tertiary alicyclic amines) is 1. The largest absolute Gasteiger partial charge is 0.300 e. The van der Waals surface area contributed by atoms with Crippen LogP contribution in [0.15, 0.2) is 40.9 Å². The summed E-state index contributed by atoms with van der Waals surface area (Å²) in [6.45, 7) is 8.57. The van der Waals surface area contributed by atoms with E-state index in [4.69, 9.17) is 4.98 Å². The number of benzene rings is 1. The zero-order valence-corrected chi connectivity index (χ0v) is 20.3. The fourth-order valence-electron chi connectivity index (χ4n) is 3.87. The first-order chi connectivity index (χ1) is 15.2. The summed E-state index contributed by atoms with van der Waals surface area (Å²) in [5.74, 6) is 2.63. The molecule has 1 aromatic carbocycles. The van der Waals surface area contributed by atoms with Crippen LogP contribution in [-0.4, -0.2) is 37.7 Å². The van der Waals surface area contributed by atoms with Gasteiger partial charge in [0, 0.05) is 11.1 Å². The van der Waals surface area contributed by atoms with E-state index in [0.717, 1.165) is 47.9 Å². The van der Waals surface area contributed by atoms with Gasteiger partial charge in [-0.3, -0.25) is 4.90 Å². The van der Waals surface area contributed by atoms with Gasteiger partial charge in [0.1, 0.15) is 5.82 Å². The lowest BCUT2D eigenvalue weighted by Gasteiger charge is -2.26. The van der Waals surface area contributed by atoms with Crippen molar-refractivity contribution in [1.29, 1.82) is 0 Å². The minimum Gasteiger partial charge on any atom is -0.300 e. The fourth-order valence-corrected chi connectivity index (χ4v) is 5.63. The third kappa shape index (κ3) is 6.64. The molecule has 0 spiro atoms. The molecule has 0 saturated carbocycles. The van der Waals surface area contributed by atoms with Crippen molar-refractivity contribution in [2.24, 2.45) is 5.92 Å². The van der Waals surface area contributed by atoms with Crippen molar-refractivity contribution in [1.82, 2.24) is 24.6 Å². The van der Waals surface area contributed by atoms with E-state index < -0.39 is 0 Å². The average Bonchev–Trinajstić information content (AvgIpc) is 3.39. The van der Waals surface area contributed by atoms with Crippen molar-refractivity contribution in [3.05, 3.63) is 57.8 Å². The van der Waals surface area contributed by atoms with Crippen LogP contribution in [0.25, 0.3) is 0 Å². The van der Waals surface area contributed by atoms with Crippen molar-refractivity contribution >= 4 is 23.1 Å². The molecule has 0 bridgehead atoms. The maximum absolute atomic E-state index is 4.84. The summed E-state index contributed by atoms with van der Waals surface area (Å²) in [4.78, 5) is 7.36. The third-order valence-corrected chi connectivity index (χ3v) is 7.63. The second-order valence-electron chi connectivity index (χ2n) is 8.76. The molecule has 1 saturated heterocycles. The van der Waals surface area contributed by atoms with Crippen LogP contribution in [0.1, 0.15) is 61.6 Å². The van der Waals surface area contributed by atoms with Crippen LogP contribution in [0.5, 0.6) is 0 Å². The highest BCUT2D eigenvalue weighted by Gasteiger charge is 2.18. The lowest BCUT2D eigenvalue weighted by molar-refractivity contribution is 0.213. The Hall–Kier alpha value is -1.70. The Morgan fingerprint density at radius 1 is 1.03 bits per heavy atom. The topological polar surface area (TPSA) is 46.8 Å². The molecule has 5 nitrogen and oxygen atoms in total. The Morgan fingerprint density at radius 3 is 2.61 bits per heavy atom. The van der Waals surface area contributed by atoms with E-state index in [1.54, 1.807) is 23.1 Å². The summed E-state index contributed by atoms with van der Waals surface area (Å²) in [5.41, 5.74) is 2.44. The van der Waals surface area contributed by atoms with E-state index in [9.17, 15) is 0 Å². The quantitative estimate of drug-likeness (QED) is 0.370. The Balaban J connectivity index is 1.45. The van der Waals surface area contributed by atoms with Gasteiger partial charge < -0.3 is 4.57 Å². The number of aromatic nitrogens is 4. The summed E-state index contributed by atoms with van der Waals surface area (Å²) in [7, 11) is 0. The molecule has 1 aliphatic rings. The molecule has 31 heavy (non-hydrogen) atoms. The number of thiazole rings is 1. The summed E-state index contributed by atoms with van der Waals surface area (Å²) in [6.07, 6.45) is 6.21. The van der Waals surface area contributed by atoms with Crippen LogP contribution in [0.4, 0.5) is 0 Å². The van der Waals surface area contributed by atoms with Crippen LogP contribution in [-0.2, 0) is 25.3 Å². The van der Waals surface area contributed by atoms with Gasteiger partial charge in [-0.25, -0.2) is 4.98 Å². The van der Waals surface area contributed by atoms with Crippen LogP contribution >= 0.6 is 23.1 Å². The summed E-state index contributed by atoms with van der Waals surface area (Å²) >= 11 is 3.54. The van der Waals surface area contributed by atoms with Gasteiger partial charge in [-0.15, -0.1) is 21.5 Å². The highest BCUT2D eigenvalue weighted by molar-refractivity contribution is 7.98. The van der Waals surface area contributed by atoms with Crippen molar-refractivity contribution in [2.45, 2.75) is 70.0 Å². The number of nitrogens with zero attached hydrogens (tertiary/aromatic N) is 5. The van der Waals surface area contributed by atoms with Gasteiger partial charge in [0.15, 0.2) is 5.16 Å². The number of hydrogen-bond acceptors (Lipinski definition) is 6. The predicted molar refractivity (Wildman–Crippen MR) is 130 cm³/mol. The monoisotopic (exact) mass is 455 g/mol. The minimum absolute atomic E-state index is 0.719. The molecule has 3 aromatic rings. The maximum atomic E-state index is 4.84. The molecular weight excluding hydrogens is 422 g/mol. The van der Waals surface area contributed by atoms with E-state index in [2.05, 4.69) is 69.2 Å². The zero-order chi connectivity index (χ0) is 21.5. The lowest BCUT2D eigenvalue weighted by atomic mass is 10.1. The number of rotatable bonds is 10. The van der Waals surface area contributed by atoms with Crippen LogP contribution < -0.4 is 0 Å². The predicted octanol–water partition coefficient (Wildman–Crippen LogP) is 5.65. The summed E-state index contributed by atoms with van der Waals surface area (Å²) < 4.78 is 2.31. The van der Waals surface area contributed by atoms with Gasteiger partial charge in [-0.1, -0.05) is 62.4 Å². The van der Waals surface area contributed by atoms with Crippen molar-refractivity contribution < 1.29 is 0 Å². The lowest BCUT2D eigenvalue weighted by Crippen LogP contribution is -2.30. The fraction of sp³-hybridized carbons (Fsp3) is 0.542. The third-order valence-electron chi connectivity index (χ3n) is 5.67. The Kier molecular flexibility index (Phi) is 8.16. The van der Waals surface area contributed by atoms with Crippen molar-refractivity contribution in [3.63, 3.8) is 0 Å². The molecule has 0 atom stereocenters. The minimum atomic E-state index is 0.719. The second-order valence-corrected chi connectivity index (χ2v) is 10.6. The van der Waals surface area contributed by atoms with E-state index in [1.807, 2.05) is 0 Å². The van der Waals surface area contributed by atoms with E-state index in [-0.39, 0.29) is 0 Å². The molecule has 1 aliphatic heterocycles. The number of piperidine rings is 1. The zero-order valence-electron chi connectivity index (χ0n) is 18.7. The van der Waals surface area contributed by atoms with Gasteiger partial charge in [0.05, 0.1) is 23.8 Å². The van der Waals surface area contributed by atoms with Gasteiger partial charge in [-0.2, -0.15) is 0 Å². The highest BCUT2D eigenvalue weighted by Crippen LogP contribution is 2.25. The second kappa shape index (κ2) is 11.2. The first-order valence-corrected chi connectivity index (χ1v) is 13.3. The molecule has 0 N–H and O–H groups in total. The summed E-state index contributed by atoms with van der Waals surface area (Å²) in [5, 5.41) is 13.6. The number of hydrogen-bond donors (Lipinski definition) is 0. The summed E-state index contributed by atoms with van der Waals surface area (Å²) in [6, 6.07) is 10.6. The Labute approximate surface area is 194 Å². The molecule has 166 valence electrons. The molecule has 7 heteroatoms. The standard InChI is InChI=1S/C24H33N5S2/c1-19(2)11-12-23-25-21(17-30-23)18-31-24-27-26-22(16-28-13-7-4-8-14-28)29(24)15-20-9-5-3-6-10-20/h3,5-6,9-10,17,19H,4,7-8,11-16,18H2,1-2H3. The van der Waals surface area contributed by atoms with Crippen LogP contribution in [0.2, 0.25) is 0 Å². The average molecular weight is 456 g/mol. The molecule has 0 unspecified atom stereocenters. The molecule has 0 radical (unpaired) electrons. The molecule has 2 aromatic heterocycles. The van der Waals surface area contributed by atoms with Crippen LogP contribution in [0, 0.1) is 5.92 Å². The number of aryl methyl sites for hydroxylation is 1. The first-order valence-electron chi connectivity index (χ1n) is 11.4. The van der Waals surface area contributed by atoms with E-state index >= 15 is 0 Å². The first kappa shape index (κ1) is 22.5. The molecular formula is C24H33N5S2. The molecule has 1 fully saturated rings. The van der Waals surface area contributed by atoms with Crippen molar-refractivity contribution in [2.75, 3.05) is 13.1 Å². The normalized spacial score (nSPS) is 15.1.